The van der Waals surface area contributed by atoms with Crippen molar-refractivity contribution in [3.8, 4) is 0 Å². The van der Waals surface area contributed by atoms with Gasteiger partial charge in [0.2, 0.25) is 11.8 Å². The van der Waals surface area contributed by atoms with E-state index in [4.69, 9.17) is 19.8 Å². The van der Waals surface area contributed by atoms with Crippen LogP contribution in [-0.2, 0) is 25.7 Å². The maximum Gasteiger partial charge on any atom is 0.414 e. The predicted molar refractivity (Wildman–Crippen MR) is 96.9 cm³/mol. The van der Waals surface area contributed by atoms with Crippen LogP contribution in [0, 0.1) is 0 Å². The summed E-state index contributed by atoms with van der Waals surface area (Å²) < 4.78 is 0. The van der Waals surface area contributed by atoms with Crippen molar-refractivity contribution in [2.75, 3.05) is 26.2 Å². The van der Waals surface area contributed by atoms with Crippen LogP contribution in [-0.4, -0.2) is 65.0 Å². The molecule has 0 atom stereocenters. The molecule has 0 spiro atoms. The van der Waals surface area contributed by atoms with Gasteiger partial charge in [-0.3, -0.25) is 9.59 Å². The van der Waals surface area contributed by atoms with Crippen molar-refractivity contribution < 1.29 is 29.4 Å². The molecule has 0 radical (unpaired) electrons. The minimum absolute atomic E-state index is 0.00122. The number of amides is 2. The lowest BCUT2D eigenvalue weighted by molar-refractivity contribution is -0.159. The van der Waals surface area contributed by atoms with Crippen molar-refractivity contribution >= 4 is 23.8 Å². The van der Waals surface area contributed by atoms with E-state index in [1.54, 1.807) is 0 Å². The maximum absolute atomic E-state index is 11.6. The highest BCUT2D eigenvalue weighted by Crippen LogP contribution is 2.09. The Balaban J connectivity index is 0.000000527. The zero-order valence-electron chi connectivity index (χ0n) is 15.0. The number of rotatable bonds is 8. The number of carbonyl (C=O) groups is 4. The van der Waals surface area contributed by atoms with Gasteiger partial charge in [-0.15, -0.1) is 0 Å². The molecule has 0 aromatic heterocycles. The Bertz CT molecular complexity index is 623. The Morgan fingerprint density at radius 3 is 2.30 bits per heavy atom. The van der Waals surface area contributed by atoms with Gasteiger partial charge in [0.25, 0.3) is 0 Å². The Morgan fingerprint density at radius 1 is 1.07 bits per heavy atom. The van der Waals surface area contributed by atoms with E-state index in [1.165, 1.54) is 0 Å². The Labute approximate surface area is 157 Å². The Hall–Kier alpha value is -2.94. The fourth-order valence-electron chi connectivity index (χ4n) is 2.42. The first-order valence-corrected chi connectivity index (χ1v) is 8.65. The van der Waals surface area contributed by atoms with E-state index in [0.29, 0.717) is 26.1 Å². The summed E-state index contributed by atoms with van der Waals surface area (Å²) in [6.07, 6.45) is 2.46. The lowest BCUT2D eigenvalue weighted by atomic mass is 10.2. The molecule has 148 valence electrons. The maximum atomic E-state index is 11.6. The molecule has 0 bridgehead atoms. The summed E-state index contributed by atoms with van der Waals surface area (Å²) in [6.45, 7) is 3.24. The second-order valence-corrected chi connectivity index (χ2v) is 5.89. The molecule has 27 heavy (non-hydrogen) atoms. The molecule has 9 heteroatoms. The molecule has 1 aliphatic heterocycles. The number of aliphatic carboxylic acids is 2. The number of likely N-dealkylation sites (tertiary alicyclic amines) is 1. The van der Waals surface area contributed by atoms with Crippen LogP contribution < -0.4 is 10.6 Å². The SMILES string of the molecule is O=C(CNCc1ccccc1)NCCCN1CCCC1=O.O=C(O)C(=O)O. The lowest BCUT2D eigenvalue weighted by Crippen LogP contribution is -2.35. The zero-order chi connectivity index (χ0) is 20.1. The average molecular weight is 379 g/mol. The van der Waals surface area contributed by atoms with Gasteiger partial charge < -0.3 is 25.7 Å². The van der Waals surface area contributed by atoms with Gasteiger partial charge in [-0.1, -0.05) is 30.3 Å². The van der Waals surface area contributed by atoms with Crippen LogP contribution >= 0.6 is 0 Å². The van der Waals surface area contributed by atoms with Gasteiger partial charge in [0.15, 0.2) is 0 Å². The predicted octanol–water partition coefficient (Wildman–Crippen LogP) is 0.0605. The zero-order valence-corrected chi connectivity index (χ0v) is 15.0. The summed E-state index contributed by atoms with van der Waals surface area (Å²) in [5.41, 5.74) is 1.16. The molecule has 0 aliphatic carbocycles. The minimum atomic E-state index is -1.82. The number of benzene rings is 1. The highest BCUT2D eigenvalue weighted by molar-refractivity contribution is 6.27. The average Bonchev–Trinajstić information content (AvgIpc) is 3.05. The molecule has 9 nitrogen and oxygen atoms in total. The number of carboxylic acid groups (broad SMARTS) is 2. The molecule has 4 N–H and O–H groups in total. The second kappa shape index (κ2) is 12.4. The van der Waals surface area contributed by atoms with Gasteiger partial charge in [-0.05, 0) is 18.4 Å². The van der Waals surface area contributed by atoms with E-state index in [0.717, 1.165) is 31.5 Å². The first-order chi connectivity index (χ1) is 12.9. The summed E-state index contributed by atoms with van der Waals surface area (Å²) in [4.78, 5) is 43.1. The van der Waals surface area contributed by atoms with Crippen molar-refractivity contribution in [2.24, 2.45) is 0 Å². The summed E-state index contributed by atoms with van der Waals surface area (Å²) >= 11 is 0. The standard InChI is InChI=1S/C16H23N3O2.C2H2O4/c20-15(13-17-12-14-6-2-1-3-7-14)18-9-5-11-19-10-4-8-16(19)21;3-1(4)2(5)6/h1-3,6-7,17H,4-5,8-13H2,(H,18,20);(H,3,4)(H,5,6). The van der Waals surface area contributed by atoms with E-state index in [1.807, 2.05) is 35.2 Å². The molecule has 2 rings (SSSR count). The number of hydrogen-bond donors (Lipinski definition) is 4. The van der Waals surface area contributed by atoms with Gasteiger partial charge in [-0.25, -0.2) is 9.59 Å². The number of nitrogens with zero attached hydrogens (tertiary/aromatic N) is 1. The van der Waals surface area contributed by atoms with Crippen molar-refractivity contribution in [3.63, 3.8) is 0 Å². The summed E-state index contributed by atoms with van der Waals surface area (Å²) in [5, 5.41) is 20.8. The van der Waals surface area contributed by atoms with E-state index in [9.17, 15) is 9.59 Å². The van der Waals surface area contributed by atoms with Crippen molar-refractivity contribution in [1.29, 1.82) is 0 Å². The molecule has 1 saturated heterocycles. The van der Waals surface area contributed by atoms with Gasteiger partial charge in [-0.2, -0.15) is 0 Å². The highest BCUT2D eigenvalue weighted by atomic mass is 16.4. The van der Waals surface area contributed by atoms with Crippen molar-refractivity contribution in [2.45, 2.75) is 25.8 Å². The number of carboxylic acids is 2. The number of carbonyl (C=O) groups excluding carboxylic acids is 2. The van der Waals surface area contributed by atoms with Gasteiger partial charge in [0, 0.05) is 32.6 Å². The summed E-state index contributed by atoms with van der Waals surface area (Å²) in [7, 11) is 0. The molecule has 2 amide bonds. The van der Waals surface area contributed by atoms with Gasteiger partial charge >= 0.3 is 11.9 Å². The van der Waals surface area contributed by atoms with Crippen LogP contribution in [0.5, 0.6) is 0 Å². The lowest BCUT2D eigenvalue weighted by Gasteiger charge is -2.15. The summed E-state index contributed by atoms with van der Waals surface area (Å²) in [5.74, 6) is -3.41. The molecular weight excluding hydrogens is 354 g/mol. The van der Waals surface area contributed by atoms with E-state index >= 15 is 0 Å². The fraction of sp³-hybridized carbons (Fsp3) is 0.444. The monoisotopic (exact) mass is 379 g/mol. The quantitative estimate of drug-likeness (QED) is 0.370. The smallest absolute Gasteiger partial charge is 0.414 e. The van der Waals surface area contributed by atoms with Crippen molar-refractivity contribution in [3.05, 3.63) is 35.9 Å². The highest BCUT2D eigenvalue weighted by Gasteiger charge is 2.18. The van der Waals surface area contributed by atoms with Crippen molar-refractivity contribution in [1.82, 2.24) is 15.5 Å². The molecule has 0 saturated carbocycles. The van der Waals surface area contributed by atoms with Crippen LogP contribution in [0.25, 0.3) is 0 Å². The van der Waals surface area contributed by atoms with Crippen LogP contribution in [0.3, 0.4) is 0 Å². The van der Waals surface area contributed by atoms with Crippen LogP contribution in [0.4, 0.5) is 0 Å². The first kappa shape index (κ1) is 22.1. The fourth-order valence-corrected chi connectivity index (χ4v) is 2.42. The van der Waals surface area contributed by atoms with Gasteiger partial charge in [0.05, 0.1) is 6.54 Å². The van der Waals surface area contributed by atoms with E-state index in [2.05, 4.69) is 10.6 Å². The molecular formula is C18H25N3O6. The molecule has 1 aliphatic rings. The third-order valence-electron chi connectivity index (χ3n) is 3.74. The van der Waals surface area contributed by atoms with Crippen LogP contribution in [0.2, 0.25) is 0 Å². The molecule has 0 unspecified atom stereocenters. The topological polar surface area (TPSA) is 136 Å². The largest absolute Gasteiger partial charge is 0.473 e. The number of hydrogen-bond acceptors (Lipinski definition) is 5. The normalized spacial score (nSPS) is 12.9. The van der Waals surface area contributed by atoms with E-state index in [-0.39, 0.29) is 11.8 Å². The summed E-state index contributed by atoms with van der Waals surface area (Å²) in [6, 6.07) is 9.99. The molecule has 1 heterocycles. The Morgan fingerprint density at radius 2 is 1.74 bits per heavy atom. The van der Waals surface area contributed by atoms with Gasteiger partial charge in [0.1, 0.15) is 0 Å². The third kappa shape index (κ3) is 9.95. The van der Waals surface area contributed by atoms with E-state index < -0.39 is 11.9 Å². The third-order valence-corrected chi connectivity index (χ3v) is 3.74. The second-order valence-electron chi connectivity index (χ2n) is 5.89. The molecule has 1 fully saturated rings. The Kier molecular flexibility index (Phi) is 10.2. The van der Waals surface area contributed by atoms with Crippen LogP contribution in [0.1, 0.15) is 24.8 Å². The molecule has 1 aromatic rings. The first-order valence-electron chi connectivity index (χ1n) is 8.65. The number of nitrogens with one attached hydrogen (secondary N) is 2. The molecule has 1 aromatic carbocycles. The minimum Gasteiger partial charge on any atom is -0.473 e. The van der Waals surface area contributed by atoms with Crippen LogP contribution in [0.15, 0.2) is 30.3 Å².